The van der Waals surface area contributed by atoms with Gasteiger partial charge in [-0.1, -0.05) is 38.1 Å². The van der Waals surface area contributed by atoms with Gasteiger partial charge in [-0.3, -0.25) is 4.99 Å². The fraction of sp³-hybridized carbons (Fsp3) is 0.500. The van der Waals surface area contributed by atoms with Crippen molar-refractivity contribution in [3.8, 4) is 5.75 Å². The van der Waals surface area contributed by atoms with Gasteiger partial charge in [-0.15, -0.1) is 24.0 Å². The lowest BCUT2D eigenvalue weighted by atomic mass is 9.97. The van der Waals surface area contributed by atoms with Crippen molar-refractivity contribution in [2.45, 2.75) is 45.8 Å². The lowest BCUT2D eigenvalue weighted by molar-refractivity contribution is 0.222. The Morgan fingerprint density at radius 1 is 1.30 bits per heavy atom. The van der Waals surface area contributed by atoms with E-state index in [-0.39, 0.29) is 35.5 Å². The predicted octanol–water partition coefficient (Wildman–Crippen LogP) is 3.88. The van der Waals surface area contributed by atoms with Crippen LogP contribution in [0.3, 0.4) is 0 Å². The molecule has 150 valence electrons. The van der Waals surface area contributed by atoms with E-state index in [0.29, 0.717) is 30.8 Å². The standard InChI is InChI=1S/C18H26BrN5O2.HI/c1-12(25-14-9-7-6-8-13(14)19)10-21-17(20-5)22-11-15-23-16(26-24-15)18(2,3)4;/h6-9,12H,10-11H2,1-5H3,(H2,20,21,22);1H. The molecule has 7 nitrogen and oxygen atoms in total. The van der Waals surface area contributed by atoms with Gasteiger partial charge in [-0.25, -0.2) is 0 Å². The zero-order chi connectivity index (χ0) is 19.2. The minimum atomic E-state index is -0.163. The largest absolute Gasteiger partial charge is 0.488 e. The second kappa shape index (κ2) is 10.8. The highest BCUT2D eigenvalue weighted by Crippen LogP contribution is 2.24. The molecule has 0 aliphatic rings. The number of nitrogens with one attached hydrogen (secondary N) is 2. The van der Waals surface area contributed by atoms with E-state index in [1.165, 1.54) is 0 Å². The molecule has 1 heterocycles. The molecular formula is C18H27BrIN5O2. The summed E-state index contributed by atoms with van der Waals surface area (Å²) in [6, 6.07) is 7.77. The topological polar surface area (TPSA) is 84.6 Å². The Balaban J connectivity index is 0.00000364. The molecule has 1 unspecified atom stereocenters. The number of hydrogen-bond donors (Lipinski definition) is 2. The van der Waals surface area contributed by atoms with Crippen molar-refractivity contribution in [3.05, 3.63) is 40.5 Å². The summed E-state index contributed by atoms with van der Waals surface area (Å²) >= 11 is 3.48. The Bertz CT molecular complexity index is 745. The SMILES string of the molecule is CN=C(NCc1noc(C(C)(C)C)n1)NCC(C)Oc1ccccc1Br.I. The van der Waals surface area contributed by atoms with Crippen LogP contribution in [-0.2, 0) is 12.0 Å². The molecular weight excluding hydrogens is 525 g/mol. The number of nitrogens with zero attached hydrogens (tertiary/aromatic N) is 3. The van der Waals surface area contributed by atoms with Gasteiger partial charge >= 0.3 is 0 Å². The average Bonchev–Trinajstić information content (AvgIpc) is 3.06. The molecule has 27 heavy (non-hydrogen) atoms. The van der Waals surface area contributed by atoms with Crippen molar-refractivity contribution < 1.29 is 9.26 Å². The smallest absolute Gasteiger partial charge is 0.232 e. The summed E-state index contributed by atoms with van der Waals surface area (Å²) in [4.78, 5) is 8.59. The van der Waals surface area contributed by atoms with Crippen molar-refractivity contribution in [1.82, 2.24) is 20.8 Å². The molecule has 0 saturated carbocycles. The molecule has 0 fully saturated rings. The van der Waals surface area contributed by atoms with Crippen LogP contribution >= 0.6 is 39.9 Å². The number of guanidine groups is 1. The maximum absolute atomic E-state index is 5.91. The normalized spacial score (nSPS) is 12.9. The zero-order valence-corrected chi connectivity index (χ0v) is 20.2. The maximum atomic E-state index is 5.91. The summed E-state index contributed by atoms with van der Waals surface area (Å²) in [7, 11) is 1.71. The van der Waals surface area contributed by atoms with Crippen molar-refractivity contribution in [3.63, 3.8) is 0 Å². The highest BCUT2D eigenvalue weighted by molar-refractivity contribution is 14.0. The number of halogens is 2. The molecule has 0 aliphatic carbocycles. The van der Waals surface area contributed by atoms with E-state index in [1.807, 2.05) is 52.0 Å². The molecule has 0 saturated heterocycles. The number of rotatable bonds is 6. The van der Waals surface area contributed by atoms with Crippen LogP contribution < -0.4 is 15.4 Å². The third-order valence-electron chi connectivity index (χ3n) is 3.47. The first-order valence-corrected chi connectivity index (χ1v) is 9.27. The van der Waals surface area contributed by atoms with Crippen LogP contribution in [0.5, 0.6) is 5.75 Å². The zero-order valence-electron chi connectivity index (χ0n) is 16.2. The Morgan fingerprint density at radius 3 is 2.59 bits per heavy atom. The highest BCUT2D eigenvalue weighted by Gasteiger charge is 2.21. The molecule has 1 aromatic carbocycles. The summed E-state index contributed by atoms with van der Waals surface area (Å²) in [5.74, 6) is 2.67. The molecule has 0 aliphatic heterocycles. The van der Waals surface area contributed by atoms with Gasteiger partial charge in [0.2, 0.25) is 5.89 Å². The van der Waals surface area contributed by atoms with Crippen molar-refractivity contribution in [2.75, 3.05) is 13.6 Å². The molecule has 2 aromatic rings. The minimum Gasteiger partial charge on any atom is -0.488 e. The Kier molecular flexibility index (Phi) is 9.51. The van der Waals surface area contributed by atoms with Gasteiger partial charge < -0.3 is 19.9 Å². The monoisotopic (exact) mass is 551 g/mol. The summed E-state index contributed by atoms with van der Waals surface area (Å²) in [5.41, 5.74) is -0.163. The first kappa shape index (κ1) is 23.7. The molecule has 0 bridgehead atoms. The Hall–Kier alpha value is -1.36. The minimum absolute atomic E-state index is 0. The van der Waals surface area contributed by atoms with E-state index in [2.05, 4.69) is 41.7 Å². The lowest BCUT2D eigenvalue weighted by Gasteiger charge is -2.18. The highest BCUT2D eigenvalue weighted by atomic mass is 127. The first-order valence-electron chi connectivity index (χ1n) is 8.48. The molecule has 2 N–H and O–H groups in total. The van der Waals surface area contributed by atoms with Gasteiger partial charge in [0.05, 0.1) is 17.6 Å². The summed E-state index contributed by atoms with van der Waals surface area (Å²) in [6.07, 6.45) is -0.0371. The van der Waals surface area contributed by atoms with Crippen LogP contribution in [-0.4, -0.2) is 35.8 Å². The van der Waals surface area contributed by atoms with Crippen LogP contribution in [0, 0.1) is 0 Å². The average molecular weight is 552 g/mol. The van der Waals surface area contributed by atoms with Crippen molar-refractivity contribution >= 4 is 45.9 Å². The van der Waals surface area contributed by atoms with Gasteiger partial charge in [-0.2, -0.15) is 4.98 Å². The maximum Gasteiger partial charge on any atom is 0.232 e. The molecule has 2 rings (SSSR count). The molecule has 9 heteroatoms. The summed E-state index contributed by atoms with van der Waals surface area (Å²) in [5, 5.41) is 10.4. The molecule has 0 amide bonds. The first-order chi connectivity index (χ1) is 12.3. The van der Waals surface area contributed by atoms with Crippen molar-refractivity contribution in [2.24, 2.45) is 4.99 Å². The number of benzene rings is 1. The summed E-state index contributed by atoms with van der Waals surface area (Å²) in [6.45, 7) is 9.12. The predicted molar refractivity (Wildman–Crippen MR) is 121 cm³/mol. The summed E-state index contributed by atoms with van der Waals surface area (Å²) < 4.78 is 12.1. The third kappa shape index (κ3) is 7.65. The number of hydrogen-bond acceptors (Lipinski definition) is 5. The quantitative estimate of drug-likeness (QED) is 0.322. The van der Waals surface area contributed by atoms with Gasteiger partial charge in [0, 0.05) is 12.5 Å². The van der Waals surface area contributed by atoms with Crippen LogP contribution in [0.25, 0.3) is 0 Å². The van der Waals surface area contributed by atoms with Crippen LogP contribution in [0.2, 0.25) is 0 Å². The molecule has 0 spiro atoms. The van der Waals surface area contributed by atoms with E-state index in [1.54, 1.807) is 7.05 Å². The number of aliphatic imine (C=N–C) groups is 1. The second-order valence-electron chi connectivity index (χ2n) is 6.93. The molecule has 1 atom stereocenters. The van der Waals surface area contributed by atoms with Crippen LogP contribution in [0.4, 0.5) is 0 Å². The van der Waals surface area contributed by atoms with Gasteiger partial charge in [-0.05, 0) is 35.0 Å². The van der Waals surface area contributed by atoms with Crippen LogP contribution in [0.1, 0.15) is 39.4 Å². The van der Waals surface area contributed by atoms with E-state index >= 15 is 0 Å². The van der Waals surface area contributed by atoms with Gasteiger partial charge in [0.25, 0.3) is 0 Å². The second-order valence-corrected chi connectivity index (χ2v) is 7.79. The fourth-order valence-electron chi connectivity index (χ4n) is 2.05. The third-order valence-corrected chi connectivity index (χ3v) is 4.12. The Labute approximate surface area is 185 Å². The van der Waals surface area contributed by atoms with E-state index in [0.717, 1.165) is 10.2 Å². The van der Waals surface area contributed by atoms with E-state index in [4.69, 9.17) is 9.26 Å². The fourth-order valence-corrected chi connectivity index (χ4v) is 2.43. The van der Waals surface area contributed by atoms with Gasteiger partial charge in [0.1, 0.15) is 11.9 Å². The van der Waals surface area contributed by atoms with Crippen molar-refractivity contribution in [1.29, 1.82) is 0 Å². The molecule has 0 radical (unpaired) electrons. The number of aromatic nitrogens is 2. The van der Waals surface area contributed by atoms with Crippen LogP contribution in [0.15, 0.2) is 38.3 Å². The number of ether oxygens (including phenoxy) is 1. The van der Waals surface area contributed by atoms with Gasteiger partial charge in [0.15, 0.2) is 11.8 Å². The lowest BCUT2D eigenvalue weighted by Crippen LogP contribution is -2.41. The molecule has 1 aromatic heterocycles. The Morgan fingerprint density at radius 2 is 2.00 bits per heavy atom. The van der Waals surface area contributed by atoms with E-state index in [9.17, 15) is 0 Å². The van der Waals surface area contributed by atoms with E-state index < -0.39 is 0 Å². The number of para-hydroxylation sites is 1.